The molecular formula is C20H18N4O2S2. The predicted molar refractivity (Wildman–Crippen MR) is 113 cm³/mol. The Bertz CT molecular complexity index is 1150. The van der Waals surface area contributed by atoms with Crippen molar-refractivity contribution in [1.82, 2.24) is 20.1 Å². The maximum atomic E-state index is 12.3. The van der Waals surface area contributed by atoms with Gasteiger partial charge in [0.2, 0.25) is 5.91 Å². The lowest BCUT2D eigenvalue weighted by Crippen LogP contribution is -2.31. The molecule has 0 saturated heterocycles. The lowest BCUT2D eigenvalue weighted by molar-refractivity contribution is -0.121. The van der Waals surface area contributed by atoms with Gasteiger partial charge in [-0.3, -0.25) is 14.5 Å². The maximum absolute atomic E-state index is 12.3. The minimum atomic E-state index is -0.141. The normalized spacial score (nSPS) is 10.9. The number of carbonyl (C=O) groups is 1. The van der Waals surface area contributed by atoms with Crippen LogP contribution in [0.3, 0.4) is 0 Å². The summed E-state index contributed by atoms with van der Waals surface area (Å²) in [5, 5.41) is 14.1. The fraction of sp³-hybridized carbons (Fsp3) is 0.150. The zero-order valence-electron chi connectivity index (χ0n) is 14.9. The van der Waals surface area contributed by atoms with Gasteiger partial charge in [0, 0.05) is 0 Å². The Morgan fingerprint density at radius 1 is 1.18 bits per heavy atom. The number of aromatic nitrogens is 3. The van der Waals surface area contributed by atoms with Crippen LogP contribution in [0.5, 0.6) is 5.75 Å². The number of aromatic amines is 1. The summed E-state index contributed by atoms with van der Waals surface area (Å²) in [6, 6.07) is 17.9. The first-order chi connectivity index (χ1) is 13.7. The summed E-state index contributed by atoms with van der Waals surface area (Å²) in [6.45, 7) is 0.905. The number of carbonyl (C=O) groups excluding carboxylic acids is 1. The Labute approximate surface area is 170 Å². The second-order valence-corrected chi connectivity index (χ2v) is 7.46. The molecule has 142 valence electrons. The molecule has 4 aromatic rings. The number of rotatable bonds is 7. The van der Waals surface area contributed by atoms with E-state index >= 15 is 0 Å². The third-order valence-electron chi connectivity index (χ3n) is 4.22. The van der Waals surface area contributed by atoms with Crippen molar-refractivity contribution >= 4 is 40.2 Å². The average molecular weight is 411 g/mol. The molecule has 0 saturated carbocycles. The number of H-pyrrole nitrogens is 1. The zero-order chi connectivity index (χ0) is 19.3. The highest BCUT2D eigenvalue weighted by Crippen LogP contribution is 2.22. The van der Waals surface area contributed by atoms with Crippen molar-refractivity contribution in [2.75, 3.05) is 13.2 Å². The molecule has 0 aliphatic heterocycles. The average Bonchev–Trinajstić information content (AvgIpc) is 3.36. The molecule has 1 amide bonds. The number of benzene rings is 2. The zero-order valence-corrected chi connectivity index (χ0v) is 16.6. The number of nitrogens with one attached hydrogen (secondary N) is 2. The van der Waals surface area contributed by atoms with Crippen LogP contribution in [0.1, 0.15) is 0 Å². The summed E-state index contributed by atoms with van der Waals surface area (Å²) in [7, 11) is 0. The highest BCUT2D eigenvalue weighted by atomic mass is 32.1. The number of amides is 1. The van der Waals surface area contributed by atoms with Crippen molar-refractivity contribution in [2.24, 2.45) is 0 Å². The van der Waals surface area contributed by atoms with Crippen LogP contribution in [0.4, 0.5) is 0 Å². The third kappa shape index (κ3) is 4.13. The minimum Gasteiger partial charge on any atom is -0.492 e. The molecule has 0 atom stereocenters. The van der Waals surface area contributed by atoms with E-state index in [1.54, 1.807) is 15.9 Å². The van der Waals surface area contributed by atoms with Gasteiger partial charge in [-0.1, -0.05) is 36.4 Å². The van der Waals surface area contributed by atoms with Crippen LogP contribution in [-0.4, -0.2) is 33.8 Å². The molecule has 0 fully saturated rings. The van der Waals surface area contributed by atoms with Gasteiger partial charge in [0.05, 0.1) is 11.4 Å². The van der Waals surface area contributed by atoms with E-state index in [1.165, 1.54) is 5.39 Å². The van der Waals surface area contributed by atoms with Gasteiger partial charge in [0.15, 0.2) is 10.6 Å². The van der Waals surface area contributed by atoms with Crippen molar-refractivity contribution in [3.8, 4) is 16.5 Å². The molecular weight excluding hydrogens is 392 g/mol. The standard InChI is InChI=1S/C20H18N4O2S2/c25-18(13-24-19(22-23-20(24)27)17-6-3-11-28-17)21-9-10-26-16-8-7-14-4-1-2-5-15(14)12-16/h1-8,11-12H,9-10,13H2,(H,21,25)(H,23,27). The van der Waals surface area contributed by atoms with E-state index in [0.717, 1.165) is 16.0 Å². The van der Waals surface area contributed by atoms with Gasteiger partial charge in [0.25, 0.3) is 0 Å². The topological polar surface area (TPSA) is 71.9 Å². The monoisotopic (exact) mass is 410 g/mol. The number of fused-ring (bicyclic) bond motifs is 1. The largest absolute Gasteiger partial charge is 0.492 e. The number of hydrogen-bond donors (Lipinski definition) is 2. The van der Waals surface area contributed by atoms with E-state index in [9.17, 15) is 4.79 Å². The van der Waals surface area contributed by atoms with Crippen LogP contribution in [0.25, 0.3) is 21.5 Å². The summed E-state index contributed by atoms with van der Waals surface area (Å²) in [6.07, 6.45) is 0. The number of hydrogen-bond acceptors (Lipinski definition) is 5. The molecule has 0 spiro atoms. The molecule has 0 aliphatic carbocycles. The SMILES string of the molecule is O=C(Cn1c(-c2cccs2)n[nH]c1=S)NCCOc1ccc2ccccc2c1. The first kappa shape index (κ1) is 18.4. The molecule has 4 rings (SSSR count). The fourth-order valence-corrected chi connectivity index (χ4v) is 3.79. The van der Waals surface area contributed by atoms with E-state index in [0.29, 0.717) is 23.7 Å². The number of ether oxygens (including phenoxy) is 1. The van der Waals surface area contributed by atoms with Crippen LogP contribution < -0.4 is 10.1 Å². The van der Waals surface area contributed by atoms with Gasteiger partial charge in [-0.25, -0.2) is 0 Å². The van der Waals surface area contributed by atoms with E-state index in [-0.39, 0.29) is 12.5 Å². The van der Waals surface area contributed by atoms with Crippen LogP contribution in [0.2, 0.25) is 0 Å². The molecule has 0 aliphatic rings. The van der Waals surface area contributed by atoms with Gasteiger partial charge in [-0.15, -0.1) is 11.3 Å². The summed E-state index contributed by atoms with van der Waals surface area (Å²) < 4.78 is 7.86. The molecule has 0 unspecified atom stereocenters. The summed E-state index contributed by atoms with van der Waals surface area (Å²) in [5.41, 5.74) is 0. The predicted octanol–water partition coefficient (Wildman–Crippen LogP) is 4.02. The molecule has 28 heavy (non-hydrogen) atoms. The number of thiophene rings is 1. The minimum absolute atomic E-state index is 0.110. The highest BCUT2D eigenvalue weighted by molar-refractivity contribution is 7.71. The van der Waals surface area contributed by atoms with E-state index in [1.807, 2.05) is 53.9 Å². The molecule has 2 heterocycles. The third-order valence-corrected chi connectivity index (χ3v) is 5.39. The smallest absolute Gasteiger partial charge is 0.240 e. The Kier molecular flexibility index (Phi) is 5.50. The second kappa shape index (κ2) is 8.37. The molecule has 2 aromatic heterocycles. The van der Waals surface area contributed by atoms with Crippen molar-refractivity contribution < 1.29 is 9.53 Å². The molecule has 2 N–H and O–H groups in total. The fourth-order valence-electron chi connectivity index (χ4n) is 2.87. The van der Waals surface area contributed by atoms with Crippen LogP contribution in [0, 0.1) is 4.77 Å². The van der Waals surface area contributed by atoms with Crippen LogP contribution >= 0.6 is 23.6 Å². The lowest BCUT2D eigenvalue weighted by Gasteiger charge is -2.09. The Morgan fingerprint density at radius 3 is 2.86 bits per heavy atom. The first-order valence-electron chi connectivity index (χ1n) is 8.78. The maximum Gasteiger partial charge on any atom is 0.240 e. The second-order valence-electron chi connectivity index (χ2n) is 6.12. The first-order valence-corrected chi connectivity index (χ1v) is 10.1. The van der Waals surface area contributed by atoms with Gasteiger partial charge in [-0.05, 0) is 46.6 Å². The summed E-state index contributed by atoms with van der Waals surface area (Å²) in [4.78, 5) is 13.3. The Morgan fingerprint density at radius 2 is 2.04 bits per heavy atom. The molecule has 8 heteroatoms. The van der Waals surface area contributed by atoms with Gasteiger partial charge in [0.1, 0.15) is 18.9 Å². The van der Waals surface area contributed by atoms with Crippen LogP contribution in [0.15, 0.2) is 60.0 Å². The van der Waals surface area contributed by atoms with Crippen molar-refractivity contribution in [2.45, 2.75) is 6.54 Å². The van der Waals surface area contributed by atoms with Crippen molar-refractivity contribution in [3.05, 3.63) is 64.7 Å². The van der Waals surface area contributed by atoms with E-state index < -0.39 is 0 Å². The van der Waals surface area contributed by atoms with Crippen molar-refractivity contribution in [3.63, 3.8) is 0 Å². The van der Waals surface area contributed by atoms with Crippen molar-refractivity contribution in [1.29, 1.82) is 0 Å². The molecule has 0 bridgehead atoms. The Hall–Kier alpha value is -2.97. The van der Waals surface area contributed by atoms with Gasteiger partial charge >= 0.3 is 0 Å². The number of nitrogens with zero attached hydrogens (tertiary/aromatic N) is 2. The van der Waals surface area contributed by atoms with E-state index in [2.05, 4.69) is 21.6 Å². The quantitative estimate of drug-likeness (QED) is 0.357. The van der Waals surface area contributed by atoms with Gasteiger partial charge in [-0.2, -0.15) is 5.10 Å². The molecule has 2 aromatic carbocycles. The molecule has 0 radical (unpaired) electrons. The Balaban J connectivity index is 1.30. The van der Waals surface area contributed by atoms with Crippen LogP contribution in [-0.2, 0) is 11.3 Å². The molecule has 6 nitrogen and oxygen atoms in total. The van der Waals surface area contributed by atoms with E-state index in [4.69, 9.17) is 17.0 Å². The van der Waals surface area contributed by atoms with Gasteiger partial charge < -0.3 is 10.1 Å². The lowest BCUT2D eigenvalue weighted by atomic mass is 10.1. The summed E-state index contributed by atoms with van der Waals surface area (Å²) in [5.74, 6) is 1.31. The summed E-state index contributed by atoms with van der Waals surface area (Å²) >= 11 is 6.80. The highest BCUT2D eigenvalue weighted by Gasteiger charge is 2.12.